The Hall–Kier alpha value is -1.45. The molecule has 0 saturated heterocycles. The van der Waals surface area contributed by atoms with Crippen molar-refractivity contribution in [2.24, 2.45) is 0 Å². The molecule has 0 spiro atoms. The number of hydrogen-bond donors (Lipinski definition) is 3. The lowest BCUT2D eigenvalue weighted by molar-refractivity contribution is -0.139. The molecule has 0 aromatic rings. The topological polar surface area (TPSA) is 61.4 Å². The first kappa shape index (κ1) is 9.12. The Labute approximate surface area is 82.7 Å². The molecule has 2 rings (SSSR count). The van der Waals surface area contributed by atoms with Gasteiger partial charge in [-0.3, -0.25) is 0 Å². The van der Waals surface area contributed by atoms with Gasteiger partial charge in [-0.1, -0.05) is 12.2 Å². The zero-order valence-electron chi connectivity index (χ0n) is 8.08. The van der Waals surface area contributed by atoms with Crippen molar-refractivity contribution in [3.8, 4) is 0 Å². The summed E-state index contributed by atoms with van der Waals surface area (Å²) >= 11 is 0. The van der Waals surface area contributed by atoms with E-state index in [9.17, 15) is 4.79 Å². The van der Waals surface area contributed by atoms with Crippen LogP contribution in [0.1, 0.15) is 19.8 Å². The van der Waals surface area contributed by atoms with Gasteiger partial charge in [-0.05, 0) is 25.3 Å². The Bertz CT molecular complexity index is 320. The van der Waals surface area contributed by atoms with E-state index in [-0.39, 0.29) is 6.04 Å². The van der Waals surface area contributed by atoms with Gasteiger partial charge in [0.2, 0.25) is 0 Å². The summed E-state index contributed by atoms with van der Waals surface area (Å²) in [4.78, 5) is 10.8. The van der Waals surface area contributed by atoms with Crippen molar-refractivity contribution in [3.63, 3.8) is 0 Å². The summed E-state index contributed by atoms with van der Waals surface area (Å²) in [6, 6.07) is -0.172. The zero-order chi connectivity index (χ0) is 10.1. The molecule has 0 saturated carbocycles. The molecule has 76 valence electrons. The van der Waals surface area contributed by atoms with Crippen LogP contribution in [0.2, 0.25) is 0 Å². The summed E-state index contributed by atoms with van der Waals surface area (Å²) in [5, 5.41) is 15.1. The minimum Gasteiger partial charge on any atom is -0.480 e. The van der Waals surface area contributed by atoms with Crippen molar-refractivity contribution in [2.75, 3.05) is 0 Å². The molecular formula is C10H14N2O2. The highest BCUT2D eigenvalue weighted by Gasteiger charge is 2.25. The summed E-state index contributed by atoms with van der Waals surface area (Å²) in [7, 11) is 0. The number of dihydropyridines is 1. The van der Waals surface area contributed by atoms with E-state index in [0.717, 1.165) is 12.2 Å². The smallest absolute Gasteiger partial charge is 0.326 e. The molecule has 2 atom stereocenters. The van der Waals surface area contributed by atoms with Crippen LogP contribution in [0.5, 0.6) is 0 Å². The van der Waals surface area contributed by atoms with E-state index < -0.39 is 12.0 Å². The molecule has 4 heteroatoms. The molecule has 0 aliphatic carbocycles. The van der Waals surface area contributed by atoms with Gasteiger partial charge in [-0.25, -0.2) is 4.79 Å². The largest absolute Gasteiger partial charge is 0.480 e. The minimum absolute atomic E-state index is 0.272. The van der Waals surface area contributed by atoms with E-state index in [2.05, 4.69) is 22.8 Å². The molecule has 0 bridgehead atoms. The molecule has 3 N–H and O–H groups in total. The van der Waals surface area contributed by atoms with Gasteiger partial charge in [0.1, 0.15) is 11.9 Å². The molecular weight excluding hydrogens is 180 g/mol. The third-order valence-electron chi connectivity index (χ3n) is 2.60. The second-order valence-electron chi connectivity index (χ2n) is 3.77. The van der Waals surface area contributed by atoms with Crippen molar-refractivity contribution in [3.05, 3.63) is 23.5 Å². The van der Waals surface area contributed by atoms with Crippen LogP contribution in [-0.2, 0) is 4.79 Å². The summed E-state index contributed by atoms with van der Waals surface area (Å²) in [5.74, 6) is 0.110. The highest BCUT2D eigenvalue weighted by Crippen LogP contribution is 2.21. The Morgan fingerprint density at radius 3 is 3.07 bits per heavy atom. The molecule has 4 nitrogen and oxygen atoms in total. The van der Waals surface area contributed by atoms with E-state index in [1.165, 1.54) is 5.57 Å². The fourth-order valence-corrected chi connectivity index (χ4v) is 1.79. The average Bonchev–Trinajstić information content (AvgIpc) is 2.16. The van der Waals surface area contributed by atoms with Gasteiger partial charge < -0.3 is 15.7 Å². The Balaban J connectivity index is 2.14. The van der Waals surface area contributed by atoms with E-state index >= 15 is 0 Å². The van der Waals surface area contributed by atoms with Crippen LogP contribution < -0.4 is 10.6 Å². The Morgan fingerprint density at radius 2 is 2.36 bits per heavy atom. The fraction of sp³-hybridized carbons (Fsp3) is 0.500. The second-order valence-corrected chi connectivity index (χ2v) is 3.77. The standard InChI is InChI=1S/C10H14N2O2/c1-6-2-3-7-4-5-8(10(13)14)12-9(7)11-6/h2-3,6,8,11-12H,4-5H2,1H3,(H,13,14)/t6?,8-/m0/s1. The fourth-order valence-electron chi connectivity index (χ4n) is 1.79. The third-order valence-corrected chi connectivity index (χ3v) is 2.60. The number of carboxylic acid groups (broad SMARTS) is 1. The first-order valence-corrected chi connectivity index (χ1v) is 4.84. The van der Waals surface area contributed by atoms with Crippen LogP contribution in [0, 0.1) is 0 Å². The maximum Gasteiger partial charge on any atom is 0.326 e. The van der Waals surface area contributed by atoms with Crippen LogP contribution in [0.4, 0.5) is 0 Å². The van der Waals surface area contributed by atoms with Crippen LogP contribution >= 0.6 is 0 Å². The zero-order valence-corrected chi connectivity index (χ0v) is 8.08. The third kappa shape index (κ3) is 1.60. The Morgan fingerprint density at radius 1 is 1.57 bits per heavy atom. The first-order valence-electron chi connectivity index (χ1n) is 4.84. The van der Waals surface area contributed by atoms with Crippen molar-refractivity contribution >= 4 is 5.97 Å². The van der Waals surface area contributed by atoms with Gasteiger partial charge in [0, 0.05) is 6.04 Å². The van der Waals surface area contributed by atoms with E-state index in [1.54, 1.807) is 0 Å². The Kier molecular flexibility index (Phi) is 2.19. The van der Waals surface area contributed by atoms with Crippen LogP contribution in [0.15, 0.2) is 23.5 Å². The number of hydrogen-bond acceptors (Lipinski definition) is 3. The van der Waals surface area contributed by atoms with Gasteiger partial charge in [0.15, 0.2) is 0 Å². The molecule has 2 heterocycles. The lowest BCUT2D eigenvalue weighted by Gasteiger charge is -2.30. The SMILES string of the molecule is CC1C=CC2=C(N1)N[C@H](C(=O)O)CC2. The van der Waals surface area contributed by atoms with Crippen molar-refractivity contribution < 1.29 is 9.90 Å². The monoisotopic (exact) mass is 194 g/mol. The van der Waals surface area contributed by atoms with Crippen molar-refractivity contribution in [1.29, 1.82) is 0 Å². The van der Waals surface area contributed by atoms with Gasteiger partial charge in [-0.15, -0.1) is 0 Å². The molecule has 0 aromatic heterocycles. The normalized spacial score (nSPS) is 30.4. The first-order chi connectivity index (χ1) is 6.66. The second kappa shape index (κ2) is 3.36. The average molecular weight is 194 g/mol. The van der Waals surface area contributed by atoms with Gasteiger partial charge in [0.25, 0.3) is 0 Å². The predicted octanol–water partition coefficient (Wildman–Crippen LogP) is 0.582. The molecule has 0 aromatic carbocycles. The van der Waals surface area contributed by atoms with E-state index in [1.807, 2.05) is 6.92 Å². The molecule has 0 radical (unpaired) electrons. The minimum atomic E-state index is -0.777. The molecule has 0 fully saturated rings. The highest BCUT2D eigenvalue weighted by molar-refractivity contribution is 5.74. The number of carboxylic acids is 1. The van der Waals surface area contributed by atoms with Gasteiger partial charge >= 0.3 is 5.97 Å². The van der Waals surface area contributed by atoms with E-state index in [4.69, 9.17) is 5.11 Å². The number of allylic oxidation sites excluding steroid dienone is 2. The van der Waals surface area contributed by atoms with E-state index in [0.29, 0.717) is 6.42 Å². The number of carbonyl (C=O) groups is 1. The maximum absolute atomic E-state index is 10.8. The quantitative estimate of drug-likeness (QED) is 0.571. The number of nitrogens with one attached hydrogen (secondary N) is 2. The summed E-state index contributed by atoms with van der Waals surface area (Å²) in [6.45, 7) is 2.03. The molecule has 2 aliphatic heterocycles. The maximum atomic E-state index is 10.8. The summed E-state index contributed by atoms with van der Waals surface area (Å²) < 4.78 is 0. The van der Waals surface area contributed by atoms with Gasteiger partial charge in [-0.2, -0.15) is 0 Å². The van der Waals surface area contributed by atoms with Crippen LogP contribution in [0.3, 0.4) is 0 Å². The summed E-state index contributed by atoms with van der Waals surface area (Å²) in [5.41, 5.74) is 1.18. The molecule has 1 unspecified atom stereocenters. The van der Waals surface area contributed by atoms with Crippen LogP contribution in [-0.4, -0.2) is 23.2 Å². The summed E-state index contributed by atoms with van der Waals surface area (Å²) in [6.07, 6.45) is 5.65. The van der Waals surface area contributed by atoms with Crippen LogP contribution in [0.25, 0.3) is 0 Å². The molecule has 2 aliphatic rings. The number of rotatable bonds is 1. The lowest BCUT2D eigenvalue weighted by Crippen LogP contribution is -2.46. The lowest BCUT2D eigenvalue weighted by atomic mass is 9.98. The molecule has 0 amide bonds. The van der Waals surface area contributed by atoms with Crippen molar-refractivity contribution in [1.82, 2.24) is 10.6 Å². The van der Waals surface area contributed by atoms with Crippen molar-refractivity contribution in [2.45, 2.75) is 31.8 Å². The van der Waals surface area contributed by atoms with Gasteiger partial charge in [0.05, 0.1) is 0 Å². The number of aliphatic carboxylic acids is 1. The molecule has 14 heavy (non-hydrogen) atoms. The highest BCUT2D eigenvalue weighted by atomic mass is 16.4. The predicted molar refractivity (Wildman–Crippen MR) is 52.6 cm³/mol.